The molecule has 1 atom stereocenters. The van der Waals surface area contributed by atoms with Crippen LogP contribution in [0.25, 0.3) is 0 Å². The van der Waals surface area contributed by atoms with Crippen LogP contribution in [0.1, 0.15) is 50.0 Å². The third-order valence-corrected chi connectivity index (χ3v) is 4.86. The number of anilines is 1. The van der Waals surface area contributed by atoms with Crippen molar-refractivity contribution in [3.63, 3.8) is 0 Å². The van der Waals surface area contributed by atoms with Crippen LogP contribution in [0.15, 0.2) is 8.95 Å². The molecule has 134 valence electrons. The molecule has 0 amide bonds. The van der Waals surface area contributed by atoms with E-state index in [1.807, 2.05) is 0 Å². The summed E-state index contributed by atoms with van der Waals surface area (Å²) in [4.78, 5) is 23.6. The minimum absolute atomic E-state index is 0.139. The molecule has 0 aliphatic carbocycles. The first-order valence-electron chi connectivity index (χ1n) is 7.30. The van der Waals surface area contributed by atoms with Gasteiger partial charge in [-0.1, -0.05) is 6.92 Å². The summed E-state index contributed by atoms with van der Waals surface area (Å²) in [6.07, 6.45) is -0.746. The summed E-state index contributed by atoms with van der Waals surface area (Å²) >= 11 is 6.65. The van der Waals surface area contributed by atoms with Crippen molar-refractivity contribution in [3.8, 4) is 5.75 Å². The lowest BCUT2D eigenvalue weighted by atomic mass is 10.1. The van der Waals surface area contributed by atoms with Crippen molar-refractivity contribution in [1.29, 1.82) is 0 Å². The summed E-state index contributed by atoms with van der Waals surface area (Å²) in [5.74, 6) is -1.40. The first kappa shape index (κ1) is 20.8. The van der Waals surface area contributed by atoms with Crippen LogP contribution >= 0.6 is 31.9 Å². The smallest absolute Gasteiger partial charge is 0.344 e. The third kappa shape index (κ3) is 4.63. The van der Waals surface area contributed by atoms with Gasteiger partial charge in [-0.3, -0.25) is 0 Å². The van der Waals surface area contributed by atoms with Crippen LogP contribution in [0.2, 0.25) is 0 Å². The molecule has 1 aromatic carbocycles. The predicted octanol–water partition coefficient (Wildman–Crippen LogP) is 4.30. The van der Waals surface area contributed by atoms with Crippen LogP contribution < -0.4 is 10.5 Å². The normalized spacial score (nSPS) is 12.6. The van der Waals surface area contributed by atoms with Crippen molar-refractivity contribution in [2.24, 2.45) is 0 Å². The summed E-state index contributed by atoms with van der Waals surface area (Å²) < 4.78 is 11.7. The molecule has 3 N–H and O–H groups in total. The van der Waals surface area contributed by atoms with E-state index in [2.05, 4.69) is 31.9 Å². The standard InChI is InChI=1S/C16H21Br2NO5/c1-6-8(14(20)21)23-13-10(17)7(2)9(12(19)11(13)18)15(22)24-16(3,4)5/h8H,6,19H2,1-5H3,(H,20,21). The molecule has 6 nitrogen and oxygen atoms in total. The number of nitrogen functional groups attached to an aromatic ring is 1. The highest BCUT2D eigenvalue weighted by atomic mass is 79.9. The lowest BCUT2D eigenvalue weighted by molar-refractivity contribution is -0.145. The van der Waals surface area contributed by atoms with Crippen molar-refractivity contribution >= 4 is 49.5 Å². The Morgan fingerprint density at radius 1 is 1.25 bits per heavy atom. The summed E-state index contributed by atoms with van der Waals surface area (Å²) in [5.41, 5.74) is 6.27. The SMILES string of the molecule is CCC(Oc1c(Br)c(C)c(C(=O)OC(C)(C)C)c(N)c1Br)C(=O)O. The number of carboxylic acid groups (broad SMARTS) is 1. The summed E-state index contributed by atoms with van der Waals surface area (Å²) in [6.45, 7) is 8.66. The molecule has 0 spiro atoms. The van der Waals surface area contributed by atoms with Crippen LogP contribution in [-0.2, 0) is 9.53 Å². The molecule has 24 heavy (non-hydrogen) atoms. The highest BCUT2D eigenvalue weighted by Gasteiger charge is 2.29. The Bertz CT molecular complexity index is 638. The number of esters is 1. The molecule has 0 fully saturated rings. The van der Waals surface area contributed by atoms with E-state index in [1.165, 1.54) is 0 Å². The minimum Gasteiger partial charge on any atom is -0.479 e. The van der Waals surface area contributed by atoms with E-state index in [0.29, 0.717) is 14.5 Å². The van der Waals surface area contributed by atoms with Crippen LogP contribution in [0.3, 0.4) is 0 Å². The van der Waals surface area contributed by atoms with Gasteiger partial charge in [0.2, 0.25) is 0 Å². The molecule has 1 unspecified atom stereocenters. The Morgan fingerprint density at radius 2 is 1.79 bits per heavy atom. The Hall–Kier alpha value is -1.28. The zero-order chi connectivity index (χ0) is 18.8. The van der Waals surface area contributed by atoms with Crippen molar-refractivity contribution in [2.45, 2.75) is 52.7 Å². The maximum Gasteiger partial charge on any atom is 0.344 e. The molecule has 0 bridgehead atoms. The molecule has 0 aromatic heterocycles. The van der Waals surface area contributed by atoms with Gasteiger partial charge in [-0.05, 0) is 71.5 Å². The first-order chi connectivity index (χ1) is 10.9. The van der Waals surface area contributed by atoms with Crippen LogP contribution in [0.4, 0.5) is 5.69 Å². The van der Waals surface area contributed by atoms with Gasteiger partial charge in [-0.2, -0.15) is 0 Å². The first-order valence-corrected chi connectivity index (χ1v) is 8.89. The second kappa shape index (κ2) is 7.74. The molecular formula is C16H21Br2NO5. The predicted molar refractivity (Wildman–Crippen MR) is 98.5 cm³/mol. The monoisotopic (exact) mass is 465 g/mol. The molecule has 0 heterocycles. The maximum atomic E-state index is 12.4. The van der Waals surface area contributed by atoms with E-state index >= 15 is 0 Å². The van der Waals surface area contributed by atoms with E-state index in [1.54, 1.807) is 34.6 Å². The Balaban J connectivity index is 3.40. The molecule has 1 aromatic rings. The average molecular weight is 467 g/mol. The molecule has 0 saturated carbocycles. The Morgan fingerprint density at radius 3 is 2.21 bits per heavy atom. The molecule has 1 rings (SSSR count). The average Bonchev–Trinajstić information content (AvgIpc) is 2.43. The van der Waals surface area contributed by atoms with Crippen LogP contribution in [-0.4, -0.2) is 28.8 Å². The number of benzene rings is 1. The van der Waals surface area contributed by atoms with Gasteiger partial charge in [0.15, 0.2) is 11.9 Å². The van der Waals surface area contributed by atoms with Gasteiger partial charge in [-0.25, -0.2) is 9.59 Å². The highest BCUT2D eigenvalue weighted by molar-refractivity contribution is 9.11. The van der Waals surface area contributed by atoms with E-state index in [0.717, 1.165) is 0 Å². The lowest BCUT2D eigenvalue weighted by Gasteiger charge is -2.23. The molecule has 0 radical (unpaired) electrons. The van der Waals surface area contributed by atoms with Gasteiger partial charge < -0.3 is 20.3 Å². The van der Waals surface area contributed by atoms with Crippen molar-refractivity contribution in [2.75, 3.05) is 5.73 Å². The van der Waals surface area contributed by atoms with Crippen molar-refractivity contribution in [1.82, 2.24) is 0 Å². The minimum atomic E-state index is -1.08. The summed E-state index contributed by atoms with van der Waals surface area (Å²) in [7, 11) is 0. The van der Waals surface area contributed by atoms with Gasteiger partial charge in [0.05, 0.1) is 20.2 Å². The van der Waals surface area contributed by atoms with Gasteiger partial charge in [-0.15, -0.1) is 0 Å². The lowest BCUT2D eigenvalue weighted by Crippen LogP contribution is -2.27. The number of hydrogen-bond acceptors (Lipinski definition) is 5. The van der Waals surface area contributed by atoms with Crippen molar-refractivity contribution in [3.05, 3.63) is 20.1 Å². The number of carboxylic acids is 1. The molecular weight excluding hydrogens is 446 g/mol. The quantitative estimate of drug-likeness (QED) is 0.495. The van der Waals surface area contributed by atoms with E-state index < -0.39 is 23.6 Å². The van der Waals surface area contributed by atoms with E-state index in [9.17, 15) is 9.59 Å². The largest absolute Gasteiger partial charge is 0.479 e. The number of ether oxygens (including phenoxy) is 2. The topological polar surface area (TPSA) is 98.9 Å². The number of aliphatic carboxylic acids is 1. The third-order valence-electron chi connectivity index (χ3n) is 3.12. The van der Waals surface area contributed by atoms with Crippen molar-refractivity contribution < 1.29 is 24.2 Å². The number of nitrogens with two attached hydrogens (primary N) is 1. The highest BCUT2D eigenvalue weighted by Crippen LogP contribution is 2.44. The Labute approximate surface area is 158 Å². The summed E-state index contributed by atoms with van der Waals surface area (Å²) in [5, 5.41) is 9.16. The van der Waals surface area contributed by atoms with Gasteiger partial charge >= 0.3 is 11.9 Å². The Kier molecular flexibility index (Phi) is 6.69. The number of halogens is 2. The van der Waals surface area contributed by atoms with Crippen LogP contribution in [0.5, 0.6) is 5.75 Å². The van der Waals surface area contributed by atoms with E-state index in [-0.39, 0.29) is 23.4 Å². The van der Waals surface area contributed by atoms with Gasteiger partial charge in [0, 0.05) is 0 Å². The molecule has 0 saturated heterocycles. The second-order valence-corrected chi connectivity index (χ2v) is 7.81. The molecule has 8 heteroatoms. The van der Waals surface area contributed by atoms with Gasteiger partial charge in [0.1, 0.15) is 5.60 Å². The maximum absolute atomic E-state index is 12.4. The zero-order valence-electron chi connectivity index (χ0n) is 14.2. The van der Waals surface area contributed by atoms with Gasteiger partial charge in [0.25, 0.3) is 0 Å². The number of rotatable bonds is 5. The second-order valence-electron chi connectivity index (χ2n) is 6.23. The number of hydrogen-bond donors (Lipinski definition) is 2. The number of carbonyl (C=O) groups is 2. The number of carbonyl (C=O) groups excluding carboxylic acids is 1. The molecule has 0 aliphatic rings. The van der Waals surface area contributed by atoms with E-state index in [4.69, 9.17) is 20.3 Å². The van der Waals surface area contributed by atoms with Crippen LogP contribution in [0, 0.1) is 6.92 Å². The fourth-order valence-electron chi connectivity index (χ4n) is 1.96. The fourth-order valence-corrected chi connectivity index (χ4v) is 3.20. The molecule has 0 aliphatic heterocycles. The summed E-state index contributed by atoms with van der Waals surface area (Å²) in [6, 6.07) is 0. The zero-order valence-corrected chi connectivity index (χ0v) is 17.4. The fraction of sp³-hybridized carbons (Fsp3) is 0.500.